The minimum absolute atomic E-state index is 0.525. The highest BCUT2D eigenvalue weighted by atomic mass is 31.1. The van der Waals surface area contributed by atoms with Crippen LogP contribution >= 0.6 is 8.25 Å². The van der Waals surface area contributed by atoms with Crippen LogP contribution in [0.2, 0.25) is 0 Å². The molecule has 0 amide bonds. The van der Waals surface area contributed by atoms with Crippen molar-refractivity contribution in [1.82, 2.24) is 0 Å². The van der Waals surface area contributed by atoms with E-state index in [0.29, 0.717) is 13.2 Å². The Hall–Kier alpha value is -1.54. The molecule has 3 nitrogen and oxygen atoms in total. The molecule has 152 valence electrons. The number of unbranched alkanes of at least 4 members (excludes halogenated alkanes) is 6. The average Bonchev–Trinajstić information content (AvgIpc) is 2.74. The van der Waals surface area contributed by atoms with Crippen LogP contribution in [0, 0.1) is 0 Å². The summed E-state index contributed by atoms with van der Waals surface area (Å²) < 4.78 is 22.3. The zero-order valence-corrected chi connectivity index (χ0v) is 17.8. The van der Waals surface area contributed by atoms with Crippen LogP contribution in [0.15, 0.2) is 60.7 Å². The first kappa shape index (κ1) is 22.7. The summed E-state index contributed by atoms with van der Waals surface area (Å²) in [6.07, 6.45) is 11.1. The van der Waals surface area contributed by atoms with Crippen molar-refractivity contribution in [3.8, 4) is 0 Å². The van der Waals surface area contributed by atoms with Crippen molar-refractivity contribution in [2.24, 2.45) is 0 Å². The van der Waals surface area contributed by atoms with Crippen molar-refractivity contribution >= 4 is 8.25 Å². The Morgan fingerprint density at radius 1 is 0.536 bits per heavy atom. The molecule has 0 heterocycles. The molecule has 28 heavy (non-hydrogen) atoms. The maximum absolute atomic E-state index is 11.7. The molecule has 0 atom stereocenters. The molecule has 0 aliphatic heterocycles. The topological polar surface area (TPSA) is 35.5 Å². The van der Waals surface area contributed by atoms with E-state index in [2.05, 4.69) is 60.7 Å². The predicted molar refractivity (Wildman–Crippen MR) is 117 cm³/mol. The molecule has 0 spiro atoms. The van der Waals surface area contributed by atoms with Crippen molar-refractivity contribution in [1.29, 1.82) is 0 Å². The second-order valence-electron chi connectivity index (χ2n) is 7.19. The van der Waals surface area contributed by atoms with Gasteiger partial charge in [0.2, 0.25) is 0 Å². The monoisotopic (exact) mass is 401 g/mol. The minimum atomic E-state index is -1.95. The molecule has 0 aliphatic carbocycles. The van der Waals surface area contributed by atoms with Gasteiger partial charge in [-0.3, -0.25) is 0 Å². The van der Waals surface area contributed by atoms with Gasteiger partial charge in [-0.2, -0.15) is 0 Å². The van der Waals surface area contributed by atoms with Gasteiger partial charge in [-0.15, -0.1) is 9.05 Å². The van der Waals surface area contributed by atoms with Crippen LogP contribution in [0.5, 0.6) is 0 Å². The van der Waals surface area contributed by atoms with E-state index in [4.69, 9.17) is 9.05 Å². The first-order valence-electron chi connectivity index (χ1n) is 10.7. The Morgan fingerprint density at radius 3 is 1.36 bits per heavy atom. The fourth-order valence-corrected chi connectivity index (χ4v) is 3.81. The smallest absolute Gasteiger partial charge is 0.119 e. The van der Waals surface area contributed by atoms with Crippen LogP contribution in [0.25, 0.3) is 0 Å². The number of hydrogen-bond donors (Lipinski definition) is 0. The van der Waals surface area contributed by atoms with Crippen LogP contribution in [-0.4, -0.2) is 13.2 Å². The molecule has 0 aromatic heterocycles. The van der Waals surface area contributed by atoms with E-state index in [-0.39, 0.29) is 0 Å². The van der Waals surface area contributed by atoms with E-state index in [1.807, 2.05) is 0 Å². The van der Waals surface area contributed by atoms with Crippen molar-refractivity contribution in [2.45, 2.75) is 64.2 Å². The van der Waals surface area contributed by atoms with Gasteiger partial charge in [-0.05, 0) is 49.7 Å². The van der Waals surface area contributed by atoms with Crippen LogP contribution in [-0.2, 0) is 26.5 Å². The summed E-state index contributed by atoms with van der Waals surface area (Å²) in [6, 6.07) is 21.2. The number of hydrogen-bond acceptors (Lipinski definition) is 3. The van der Waals surface area contributed by atoms with Gasteiger partial charge in [0, 0.05) is 4.57 Å². The number of rotatable bonds is 16. The predicted octanol–water partition coefficient (Wildman–Crippen LogP) is 7.28. The Labute approximate surface area is 171 Å². The van der Waals surface area contributed by atoms with Crippen molar-refractivity contribution in [3.63, 3.8) is 0 Å². The molecule has 2 aromatic rings. The van der Waals surface area contributed by atoms with Gasteiger partial charge in [-0.1, -0.05) is 86.3 Å². The SMILES string of the molecule is O=[P+](OCCCCCCc1ccccc1)OCCCCCCc1ccccc1. The molecule has 0 radical (unpaired) electrons. The molecule has 0 N–H and O–H groups in total. The molecule has 2 aromatic carbocycles. The standard InChI is InChI=1S/C24H34O3P/c25-28(26-21-13-3-1-7-15-23-17-9-5-10-18-23)27-22-14-4-2-8-16-24-19-11-6-12-20-24/h5-6,9-12,17-20H,1-4,7-8,13-16,21-22H2/q+1. The zero-order chi connectivity index (χ0) is 19.7. The highest BCUT2D eigenvalue weighted by Crippen LogP contribution is 2.24. The maximum Gasteiger partial charge on any atom is 0.697 e. The number of benzene rings is 2. The van der Waals surface area contributed by atoms with Gasteiger partial charge in [-0.25, -0.2) is 0 Å². The molecule has 4 heteroatoms. The van der Waals surface area contributed by atoms with Crippen LogP contribution in [0.4, 0.5) is 0 Å². The van der Waals surface area contributed by atoms with Crippen molar-refractivity contribution in [2.75, 3.05) is 13.2 Å². The minimum Gasteiger partial charge on any atom is -0.119 e. The molecular formula is C24H34O3P+. The summed E-state index contributed by atoms with van der Waals surface area (Å²) in [7, 11) is -1.95. The summed E-state index contributed by atoms with van der Waals surface area (Å²) in [6.45, 7) is 1.05. The van der Waals surface area contributed by atoms with Gasteiger partial charge in [0.05, 0.1) is 0 Å². The second kappa shape index (κ2) is 15.4. The maximum atomic E-state index is 11.7. The molecule has 0 bridgehead atoms. The lowest BCUT2D eigenvalue weighted by molar-refractivity contribution is 0.218. The Morgan fingerprint density at radius 2 is 0.929 bits per heavy atom. The highest BCUT2D eigenvalue weighted by Gasteiger charge is 2.18. The molecule has 2 rings (SSSR count). The first-order valence-corrected chi connectivity index (χ1v) is 11.7. The van der Waals surface area contributed by atoms with E-state index in [0.717, 1.165) is 38.5 Å². The average molecular weight is 402 g/mol. The van der Waals surface area contributed by atoms with Crippen LogP contribution < -0.4 is 0 Å². The van der Waals surface area contributed by atoms with Gasteiger partial charge in [0.25, 0.3) is 0 Å². The lowest BCUT2D eigenvalue weighted by Gasteiger charge is -2.01. The van der Waals surface area contributed by atoms with E-state index >= 15 is 0 Å². The summed E-state index contributed by atoms with van der Waals surface area (Å²) in [5, 5.41) is 0. The van der Waals surface area contributed by atoms with Gasteiger partial charge in [0.1, 0.15) is 13.2 Å². The highest BCUT2D eigenvalue weighted by molar-refractivity contribution is 7.33. The van der Waals surface area contributed by atoms with E-state index in [1.165, 1.54) is 36.8 Å². The summed E-state index contributed by atoms with van der Waals surface area (Å²) >= 11 is 0. The van der Waals surface area contributed by atoms with E-state index in [9.17, 15) is 4.57 Å². The first-order chi connectivity index (χ1) is 13.8. The van der Waals surface area contributed by atoms with Crippen molar-refractivity contribution < 1.29 is 13.6 Å². The zero-order valence-electron chi connectivity index (χ0n) is 16.9. The molecule has 0 saturated carbocycles. The third kappa shape index (κ3) is 11.3. The quantitative estimate of drug-likeness (QED) is 0.219. The second-order valence-corrected chi connectivity index (χ2v) is 8.15. The van der Waals surface area contributed by atoms with E-state index in [1.54, 1.807) is 0 Å². The third-order valence-electron chi connectivity index (χ3n) is 4.80. The molecule has 0 saturated heterocycles. The lowest BCUT2D eigenvalue weighted by atomic mass is 10.1. The van der Waals surface area contributed by atoms with Crippen LogP contribution in [0.3, 0.4) is 0 Å². The van der Waals surface area contributed by atoms with Gasteiger partial charge < -0.3 is 0 Å². The Kier molecular flexibility index (Phi) is 12.5. The van der Waals surface area contributed by atoms with Crippen molar-refractivity contribution in [3.05, 3.63) is 71.8 Å². The fourth-order valence-electron chi connectivity index (χ4n) is 3.17. The largest absolute Gasteiger partial charge is 0.697 e. The summed E-state index contributed by atoms with van der Waals surface area (Å²) in [4.78, 5) is 0. The molecule has 0 fully saturated rings. The molecular weight excluding hydrogens is 367 g/mol. The Balaban J connectivity index is 1.33. The third-order valence-corrected chi connectivity index (χ3v) is 5.59. The number of aryl methyl sites for hydroxylation is 2. The molecule has 0 aliphatic rings. The van der Waals surface area contributed by atoms with Crippen LogP contribution in [0.1, 0.15) is 62.5 Å². The van der Waals surface area contributed by atoms with Gasteiger partial charge in [0.15, 0.2) is 0 Å². The normalized spacial score (nSPS) is 10.9. The summed E-state index contributed by atoms with van der Waals surface area (Å²) in [5.74, 6) is 0. The molecule has 0 unspecified atom stereocenters. The van der Waals surface area contributed by atoms with Gasteiger partial charge >= 0.3 is 8.25 Å². The summed E-state index contributed by atoms with van der Waals surface area (Å²) in [5.41, 5.74) is 2.80. The van der Waals surface area contributed by atoms with E-state index < -0.39 is 8.25 Å². The lowest BCUT2D eigenvalue weighted by Crippen LogP contribution is -1.93. The Bertz CT molecular complexity index is 575. The fraction of sp³-hybridized carbons (Fsp3) is 0.500.